The summed E-state index contributed by atoms with van der Waals surface area (Å²) >= 11 is 6.08. The van der Waals surface area contributed by atoms with Crippen LogP contribution in [-0.4, -0.2) is 25.6 Å². The maximum Gasteiger partial charge on any atom is 0.323 e. The fourth-order valence-electron chi connectivity index (χ4n) is 1.90. The smallest absolute Gasteiger partial charge is 0.306 e. The number of aromatic nitrogens is 4. The van der Waals surface area contributed by atoms with E-state index in [1.54, 1.807) is 35.4 Å². The molecule has 0 aliphatic heterocycles. The number of nitrogens with one attached hydrogen (secondary N) is 2. The maximum absolute atomic E-state index is 12.0. The van der Waals surface area contributed by atoms with Gasteiger partial charge in [-0.3, -0.25) is 4.57 Å². The Morgan fingerprint density at radius 2 is 2.00 bits per heavy atom. The van der Waals surface area contributed by atoms with E-state index in [2.05, 4.69) is 25.6 Å². The molecular weight excluding hydrogens is 316 g/mol. The average Bonchev–Trinajstić information content (AvgIpc) is 3.05. The van der Waals surface area contributed by atoms with Crippen LogP contribution in [-0.2, 0) is 0 Å². The lowest BCUT2D eigenvalue weighted by molar-refractivity contribution is 0.262. The van der Waals surface area contributed by atoms with Crippen molar-refractivity contribution in [2.45, 2.75) is 6.92 Å². The number of amides is 2. The summed E-state index contributed by atoms with van der Waals surface area (Å²) in [4.78, 5) is 24.2. The zero-order valence-electron chi connectivity index (χ0n) is 12.2. The number of rotatable bonds is 3. The predicted molar refractivity (Wildman–Crippen MR) is 88.0 cm³/mol. The first kappa shape index (κ1) is 15.0. The van der Waals surface area contributed by atoms with E-state index in [9.17, 15) is 4.79 Å². The Balaban J connectivity index is 1.66. The quantitative estimate of drug-likeness (QED) is 0.772. The first-order valence-electron chi connectivity index (χ1n) is 6.76. The van der Waals surface area contributed by atoms with E-state index in [-0.39, 0.29) is 0 Å². The van der Waals surface area contributed by atoms with E-state index < -0.39 is 6.03 Å². The molecule has 0 aliphatic rings. The Labute approximate surface area is 137 Å². The van der Waals surface area contributed by atoms with E-state index in [0.717, 1.165) is 5.56 Å². The molecule has 8 heteroatoms. The molecule has 116 valence electrons. The number of carbonyl (C=O) groups excluding carboxylic acids is 1. The first-order valence-corrected chi connectivity index (χ1v) is 7.14. The molecule has 0 fully saturated rings. The molecule has 2 amide bonds. The molecule has 3 aromatic rings. The zero-order chi connectivity index (χ0) is 16.2. The normalized spacial score (nSPS) is 10.3. The van der Waals surface area contributed by atoms with Crippen molar-refractivity contribution < 1.29 is 4.79 Å². The van der Waals surface area contributed by atoms with Gasteiger partial charge in [0.1, 0.15) is 6.33 Å². The molecule has 0 saturated carbocycles. The topological polar surface area (TPSA) is 84.7 Å². The second-order valence-corrected chi connectivity index (χ2v) is 5.21. The Bertz CT molecular complexity index is 816. The number of anilines is 2. The molecule has 3 rings (SSSR count). The van der Waals surface area contributed by atoms with Gasteiger partial charge in [0.2, 0.25) is 5.95 Å². The largest absolute Gasteiger partial charge is 0.323 e. The van der Waals surface area contributed by atoms with Gasteiger partial charge in [-0.2, -0.15) is 0 Å². The van der Waals surface area contributed by atoms with Gasteiger partial charge in [0.15, 0.2) is 0 Å². The Hall–Kier alpha value is -2.93. The molecule has 0 radical (unpaired) electrons. The lowest BCUT2D eigenvalue weighted by Gasteiger charge is -2.09. The molecule has 0 saturated heterocycles. The number of aryl methyl sites for hydroxylation is 1. The average molecular weight is 329 g/mol. The molecule has 2 N–H and O–H groups in total. The Morgan fingerprint density at radius 3 is 2.65 bits per heavy atom. The van der Waals surface area contributed by atoms with E-state index in [0.29, 0.717) is 22.3 Å². The van der Waals surface area contributed by atoms with Crippen molar-refractivity contribution in [3.05, 3.63) is 59.9 Å². The van der Waals surface area contributed by atoms with Crippen LogP contribution in [0.3, 0.4) is 0 Å². The van der Waals surface area contributed by atoms with Crippen molar-refractivity contribution in [1.29, 1.82) is 0 Å². The third-order valence-electron chi connectivity index (χ3n) is 3.00. The summed E-state index contributed by atoms with van der Waals surface area (Å²) in [5.74, 6) is 0.468. The molecule has 0 atom stereocenters. The van der Waals surface area contributed by atoms with Crippen LogP contribution in [0.2, 0.25) is 5.02 Å². The van der Waals surface area contributed by atoms with Crippen molar-refractivity contribution in [3.63, 3.8) is 0 Å². The van der Waals surface area contributed by atoms with Crippen LogP contribution >= 0.6 is 11.6 Å². The van der Waals surface area contributed by atoms with Crippen molar-refractivity contribution in [1.82, 2.24) is 19.5 Å². The monoisotopic (exact) mass is 328 g/mol. The number of hydrogen-bond donors (Lipinski definition) is 2. The van der Waals surface area contributed by atoms with Gasteiger partial charge in [-0.25, -0.2) is 19.7 Å². The van der Waals surface area contributed by atoms with Gasteiger partial charge in [-0.15, -0.1) is 0 Å². The van der Waals surface area contributed by atoms with Crippen LogP contribution in [0.5, 0.6) is 0 Å². The van der Waals surface area contributed by atoms with E-state index in [1.807, 2.05) is 13.0 Å². The number of carbonyl (C=O) groups is 1. The lowest BCUT2D eigenvalue weighted by atomic mass is 10.2. The number of urea groups is 1. The fourth-order valence-corrected chi connectivity index (χ4v) is 2.19. The molecule has 1 aromatic carbocycles. The molecule has 23 heavy (non-hydrogen) atoms. The van der Waals surface area contributed by atoms with E-state index in [4.69, 9.17) is 11.6 Å². The number of halogens is 1. The van der Waals surface area contributed by atoms with Gasteiger partial charge in [0.05, 0.1) is 28.8 Å². The molecule has 2 aromatic heterocycles. The third kappa shape index (κ3) is 3.64. The van der Waals surface area contributed by atoms with Crippen molar-refractivity contribution in [2.24, 2.45) is 0 Å². The lowest BCUT2D eigenvalue weighted by Crippen LogP contribution is -2.20. The van der Waals surface area contributed by atoms with Crippen LogP contribution < -0.4 is 10.6 Å². The van der Waals surface area contributed by atoms with Gasteiger partial charge in [-0.1, -0.05) is 17.7 Å². The van der Waals surface area contributed by atoms with Gasteiger partial charge in [0.25, 0.3) is 0 Å². The number of imidazole rings is 1. The standard InChI is InChI=1S/C15H13ClN6O/c1-10-2-3-13(12(16)6-10)21-15(23)20-11-7-18-14(19-8-11)22-5-4-17-9-22/h2-9H,1H3,(H2,20,21,23). The Morgan fingerprint density at radius 1 is 1.22 bits per heavy atom. The minimum Gasteiger partial charge on any atom is -0.306 e. The van der Waals surface area contributed by atoms with Crippen LogP contribution in [0.1, 0.15) is 5.56 Å². The summed E-state index contributed by atoms with van der Waals surface area (Å²) in [6, 6.07) is 4.97. The summed E-state index contributed by atoms with van der Waals surface area (Å²) in [5, 5.41) is 5.80. The van der Waals surface area contributed by atoms with Gasteiger partial charge < -0.3 is 10.6 Å². The van der Waals surface area contributed by atoms with Crippen LogP contribution in [0.25, 0.3) is 5.95 Å². The van der Waals surface area contributed by atoms with Gasteiger partial charge in [0, 0.05) is 12.4 Å². The van der Waals surface area contributed by atoms with Gasteiger partial charge in [-0.05, 0) is 24.6 Å². The number of benzene rings is 1. The summed E-state index contributed by atoms with van der Waals surface area (Å²) < 4.78 is 1.66. The highest BCUT2D eigenvalue weighted by atomic mass is 35.5. The number of hydrogen-bond acceptors (Lipinski definition) is 4. The molecular formula is C15H13ClN6O. The van der Waals surface area contributed by atoms with Crippen molar-refractivity contribution in [2.75, 3.05) is 10.6 Å². The van der Waals surface area contributed by atoms with Gasteiger partial charge >= 0.3 is 6.03 Å². The second-order valence-electron chi connectivity index (χ2n) is 4.80. The number of nitrogens with zero attached hydrogens (tertiary/aromatic N) is 4. The molecule has 0 aliphatic carbocycles. The fraction of sp³-hybridized carbons (Fsp3) is 0.0667. The zero-order valence-corrected chi connectivity index (χ0v) is 12.9. The molecule has 0 spiro atoms. The summed E-state index contributed by atoms with van der Waals surface area (Å²) in [6.45, 7) is 1.93. The maximum atomic E-state index is 12.0. The van der Waals surface area contributed by atoms with Crippen molar-refractivity contribution in [3.8, 4) is 5.95 Å². The first-order chi connectivity index (χ1) is 11.1. The minimum atomic E-state index is -0.422. The van der Waals surface area contributed by atoms with E-state index in [1.165, 1.54) is 12.4 Å². The van der Waals surface area contributed by atoms with Crippen LogP contribution in [0.15, 0.2) is 49.3 Å². The van der Waals surface area contributed by atoms with Crippen LogP contribution in [0.4, 0.5) is 16.2 Å². The second kappa shape index (κ2) is 6.45. The van der Waals surface area contributed by atoms with Crippen LogP contribution in [0, 0.1) is 6.92 Å². The molecule has 2 heterocycles. The summed E-state index contributed by atoms with van der Waals surface area (Å²) in [6.07, 6.45) is 7.98. The highest BCUT2D eigenvalue weighted by molar-refractivity contribution is 6.33. The highest BCUT2D eigenvalue weighted by Crippen LogP contribution is 2.22. The molecule has 7 nitrogen and oxygen atoms in total. The van der Waals surface area contributed by atoms with E-state index >= 15 is 0 Å². The molecule has 0 unspecified atom stereocenters. The highest BCUT2D eigenvalue weighted by Gasteiger charge is 2.07. The molecule has 0 bridgehead atoms. The third-order valence-corrected chi connectivity index (χ3v) is 3.32. The predicted octanol–water partition coefficient (Wildman–Crippen LogP) is 3.27. The Kier molecular flexibility index (Phi) is 4.20. The summed E-state index contributed by atoms with van der Waals surface area (Å²) in [5.41, 5.74) is 2.02. The minimum absolute atomic E-state index is 0.422. The summed E-state index contributed by atoms with van der Waals surface area (Å²) in [7, 11) is 0. The SMILES string of the molecule is Cc1ccc(NC(=O)Nc2cnc(-n3ccnc3)nc2)c(Cl)c1. The van der Waals surface area contributed by atoms with Crippen molar-refractivity contribution >= 4 is 29.0 Å².